The van der Waals surface area contributed by atoms with Crippen molar-refractivity contribution >= 4 is 0 Å². The zero-order chi connectivity index (χ0) is 15.2. The Morgan fingerprint density at radius 1 is 1.05 bits per heavy atom. The molecule has 0 amide bonds. The number of nitrogens with one attached hydrogen (secondary N) is 1. The largest absolute Gasteiger partial charge is 0.311 e. The first kappa shape index (κ1) is 17.3. The Morgan fingerprint density at radius 3 is 2.38 bits per heavy atom. The van der Waals surface area contributed by atoms with E-state index in [2.05, 4.69) is 37.9 Å². The van der Waals surface area contributed by atoms with Gasteiger partial charge in [-0.25, -0.2) is 0 Å². The summed E-state index contributed by atoms with van der Waals surface area (Å²) in [6.07, 6.45) is 10.2. The summed E-state index contributed by atoms with van der Waals surface area (Å²) in [5, 5.41) is 3.81. The monoisotopic (exact) mass is 294 g/mol. The fraction of sp³-hybridized carbons (Fsp3) is 1.00. The second-order valence-electron chi connectivity index (χ2n) is 8.33. The molecule has 0 bridgehead atoms. The lowest BCUT2D eigenvalue weighted by Gasteiger charge is -2.43. The summed E-state index contributed by atoms with van der Waals surface area (Å²) in [4.78, 5) is 2.82. The number of piperazine rings is 1. The number of hydrogen-bond donors (Lipinski definition) is 1. The Morgan fingerprint density at radius 2 is 1.76 bits per heavy atom. The molecule has 0 aromatic rings. The highest BCUT2D eigenvalue weighted by Crippen LogP contribution is 2.27. The Balaban J connectivity index is 1.84. The molecule has 2 heteroatoms. The first-order chi connectivity index (χ1) is 10.1. The molecule has 21 heavy (non-hydrogen) atoms. The summed E-state index contributed by atoms with van der Waals surface area (Å²) in [6.45, 7) is 13.3. The SMILES string of the molecule is CC(C)CC1CN(CCC2CCCCC2)C(C(C)C)CN1. The molecule has 1 heterocycles. The zero-order valence-corrected chi connectivity index (χ0v) is 14.9. The molecule has 2 unspecified atom stereocenters. The summed E-state index contributed by atoms with van der Waals surface area (Å²) in [5.74, 6) is 2.59. The lowest BCUT2D eigenvalue weighted by Crippen LogP contribution is -2.58. The van der Waals surface area contributed by atoms with Gasteiger partial charge in [-0.1, -0.05) is 59.8 Å². The molecule has 2 aliphatic rings. The van der Waals surface area contributed by atoms with Crippen LogP contribution >= 0.6 is 0 Å². The van der Waals surface area contributed by atoms with E-state index in [4.69, 9.17) is 0 Å². The lowest BCUT2D eigenvalue weighted by atomic mass is 9.86. The van der Waals surface area contributed by atoms with E-state index in [-0.39, 0.29) is 0 Å². The molecule has 0 spiro atoms. The third-order valence-electron chi connectivity index (χ3n) is 5.61. The van der Waals surface area contributed by atoms with Gasteiger partial charge in [-0.3, -0.25) is 4.90 Å². The zero-order valence-electron chi connectivity index (χ0n) is 14.9. The molecule has 0 radical (unpaired) electrons. The first-order valence-corrected chi connectivity index (χ1v) is 9.53. The summed E-state index contributed by atoms with van der Waals surface area (Å²) < 4.78 is 0. The van der Waals surface area contributed by atoms with Crippen molar-refractivity contribution < 1.29 is 0 Å². The smallest absolute Gasteiger partial charge is 0.0244 e. The molecular weight excluding hydrogens is 256 g/mol. The topological polar surface area (TPSA) is 15.3 Å². The molecule has 2 nitrogen and oxygen atoms in total. The van der Waals surface area contributed by atoms with Crippen LogP contribution in [0.1, 0.15) is 72.6 Å². The van der Waals surface area contributed by atoms with Crippen LogP contribution in [-0.2, 0) is 0 Å². The van der Waals surface area contributed by atoms with Crippen molar-refractivity contribution in [2.24, 2.45) is 17.8 Å². The molecule has 1 N–H and O–H groups in total. The van der Waals surface area contributed by atoms with E-state index in [1.165, 1.54) is 64.6 Å². The number of rotatable bonds is 6. The van der Waals surface area contributed by atoms with E-state index in [1.807, 2.05) is 0 Å². The van der Waals surface area contributed by atoms with E-state index in [9.17, 15) is 0 Å². The van der Waals surface area contributed by atoms with Crippen molar-refractivity contribution in [3.63, 3.8) is 0 Å². The molecule has 1 saturated heterocycles. The first-order valence-electron chi connectivity index (χ1n) is 9.53. The van der Waals surface area contributed by atoms with Crippen LogP contribution in [0.5, 0.6) is 0 Å². The van der Waals surface area contributed by atoms with E-state index in [1.54, 1.807) is 0 Å². The normalized spacial score (nSPS) is 29.4. The van der Waals surface area contributed by atoms with Crippen molar-refractivity contribution in [2.45, 2.75) is 84.7 Å². The maximum Gasteiger partial charge on any atom is 0.0244 e. The minimum absolute atomic E-state index is 0.714. The van der Waals surface area contributed by atoms with Gasteiger partial charge in [0, 0.05) is 25.2 Å². The van der Waals surface area contributed by atoms with Crippen molar-refractivity contribution in [1.82, 2.24) is 10.2 Å². The predicted molar refractivity (Wildman–Crippen MR) is 92.6 cm³/mol. The Kier molecular flexibility index (Phi) is 7.01. The van der Waals surface area contributed by atoms with Gasteiger partial charge in [0.05, 0.1) is 0 Å². The fourth-order valence-electron chi connectivity index (χ4n) is 4.37. The minimum atomic E-state index is 0.714. The molecule has 2 rings (SSSR count). The highest BCUT2D eigenvalue weighted by molar-refractivity contribution is 4.88. The van der Waals surface area contributed by atoms with Gasteiger partial charge in [0.15, 0.2) is 0 Å². The molecule has 0 aromatic carbocycles. The maximum atomic E-state index is 3.81. The molecule has 1 saturated carbocycles. The van der Waals surface area contributed by atoms with Gasteiger partial charge in [-0.15, -0.1) is 0 Å². The molecule has 1 aliphatic heterocycles. The summed E-state index contributed by atoms with van der Waals surface area (Å²) in [5.41, 5.74) is 0. The van der Waals surface area contributed by atoms with Crippen LogP contribution in [0.3, 0.4) is 0 Å². The third kappa shape index (κ3) is 5.56. The van der Waals surface area contributed by atoms with E-state index in [0.29, 0.717) is 6.04 Å². The van der Waals surface area contributed by atoms with Gasteiger partial charge < -0.3 is 5.32 Å². The summed E-state index contributed by atoms with van der Waals surface area (Å²) in [7, 11) is 0. The van der Waals surface area contributed by atoms with Gasteiger partial charge in [-0.05, 0) is 37.1 Å². The average Bonchev–Trinajstić information content (AvgIpc) is 2.45. The highest BCUT2D eigenvalue weighted by Gasteiger charge is 2.30. The Labute approximate surface area is 133 Å². The van der Waals surface area contributed by atoms with Crippen LogP contribution in [-0.4, -0.2) is 36.6 Å². The Bertz CT molecular complexity index is 281. The third-order valence-corrected chi connectivity index (χ3v) is 5.61. The Hall–Kier alpha value is -0.0800. The van der Waals surface area contributed by atoms with Crippen LogP contribution in [0.15, 0.2) is 0 Å². The number of hydrogen-bond acceptors (Lipinski definition) is 2. The maximum absolute atomic E-state index is 3.81. The molecular formula is C19H38N2. The standard InChI is InChI=1S/C19H38N2/c1-15(2)12-18-14-21(19(13-20-18)16(3)4)11-10-17-8-6-5-7-9-17/h15-20H,5-14H2,1-4H3. The minimum Gasteiger partial charge on any atom is -0.311 e. The summed E-state index contributed by atoms with van der Waals surface area (Å²) in [6, 6.07) is 1.46. The molecule has 124 valence electrons. The van der Waals surface area contributed by atoms with Gasteiger partial charge in [0.1, 0.15) is 0 Å². The molecule has 1 aliphatic carbocycles. The van der Waals surface area contributed by atoms with Crippen LogP contribution in [0.25, 0.3) is 0 Å². The second kappa shape index (κ2) is 8.53. The van der Waals surface area contributed by atoms with Crippen LogP contribution in [0, 0.1) is 17.8 Å². The van der Waals surface area contributed by atoms with Crippen molar-refractivity contribution in [1.29, 1.82) is 0 Å². The van der Waals surface area contributed by atoms with Crippen LogP contribution in [0.4, 0.5) is 0 Å². The van der Waals surface area contributed by atoms with Gasteiger partial charge in [0.2, 0.25) is 0 Å². The number of nitrogens with zero attached hydrogens (tertiary/aromatic N) is 1. The van der Waals surface area contributed by atoms with Crippen LogP contribution in [0.2, 0.25) is 0 Å². The van der Waals surface area contributed by atoms with Gasteiger partial charge in [-0.2, -0.15) is 0 Å². The average molecular weight is 295 g/mol. The molecule has 0 aromatic heterocycles. The fourth-order valence-corrected chi connectivity index (χ4v) is 4.37. The summed E-state index contributed by atoms with van der Waals surface area (Å²) >= 11 is 0. The van der Waals surface area contributed by atoms with Crippen molar-refractivity contribution in [3.05, 3.63) is 0 Å². The quantitative estimate of drug-likeness (QED) is 0.785. The van der Waals surface area contributed by atoms with Crippen LogP contribution < -0.4 is 5.32 Å². The second-order valence-corrected chi connectivity index (χ2v) is 8.33. The predicted octanol–water partition coefficient (Wildman–Crippen LogP) is 4.30. The van der Waals surface area contributed by atoms with E-state index < -0.39 is 0 Å². The molecule has 2 atom stereocenters. The molecule has 2 fully saturated rings. The van der Waals surface area contributed by atoms with Gasteiger partial charge in [0.25, 0.3) is 0 Å². The van der Waals surface area contributed by atoms with Gasteiger partial charge >= 0.3 is 0 Å². The lowest BCUT2D eigenvalue weighted by molar-refractivity contribution is 0.0836. The van der Waals surface area contributed by atoms with E-state index in [0.717, 1.165) is 23.8 Å². The highest BCUT2D eigenvalue weighted by atomic mass is 15.2. The van der Waals surface area contributed by atoms with Crippen molar-refractivity contribution in [2.75, 3.05) is 19.6 Å². The van der Waals surface area contributed by atoms with Crippen molar-refractivity contribution in [3.8, 4) is 0 Å². The van der Waals surface area contributed by atoms with E-state index >= 15 is 0 Å².